The number of aromatic carboxylic acids is 1. The normalized spacial score (nSPS) is 10.3. The smallest absolute Gasteiger partial charge is 0.362 e. The van der Waals surface area contributed by atoms with E-state index in [1.807, 2.05) is 0 Å². The number of benzene rings is 2. The Bertz CT molecular complexity index is 1230. The summed E-state index contributed by atoms with van der Waals surface area (Å²) < 4.78 is 20.9. The van der Waals surface area contributed by atoms with Crippen LogP contribution in [0.2, 0.25) is 10.0 Å². The second-order valence-electron chi connectivity index (χ2n) is 6.86. The third kappa shape index (κ3) is 6.55. The summed E-state index contributed by atoms with van der Waals surface area (Å²) in [5, 5.41) is 10.2. The van der Waals surface area contributed by atoms with Crippen LogP contribution < -0.4 is 15.2 Å². The summed E-state index contributed by atoms with van der Waals surface area (Å²) in [6, 6.07) is 13.6. The molecule has 0 unspecified atom stereocenters. The SMILES string of the molecule is CCOc1oc(-c2ccc(Cl)cc2)nc1C(=O)O.CCOc1oc(-c2ccc(Cl)cc2)nc1C(N)=O. The van der Waals surface area contributed by atoms with Gasteiger partial charge in [-0.15, -0.1) is 0 Å². The molecular weight excluding hydrogens is 513 g/mol. The lowest BCUT2D eigenvalue weighted by Gasteiger charge is -1.97. The van der Waals surface area contributed by atoms with Gasteiger partial charge in [-0.3, -0.25) is 4.79 Å². The summed E-state index contributed by atoms with van der Waals surface area (Å²) in [6.45, 7) is 4.16. The number of aromatic nitrogens is 2. The Hall–Kier alpha value is -4.02. The molecule has 2 aromatic carbocycles. The summed E-state index contributed by atoms with van der Waals surface area (Å²) in [5.74, 6) is -1.48. The molecule has 3 N–H and O–H groups in total. The van der Waals surface area contributed by atoms with Crippen molar-refractivity contribution in [1.29, 1.82) is 0 Å². The first-order valence-corrected chi connectivity index (χ1v) is 11.3. The zero-order valence-electron chi connectivity index (χ0n) is 19.2. The second-order valence-corrected chi connectivity index (χ2v) is 7.73. The van der Waals surface area contributed by atoms with Gasteiger partial charge in [0.15, 0.2) is 0 Å². The zero-order valence-corrected chi connectivity index (χ0v) is 20.7. The standard InChI is InChI=1S/C12H11ClN2O3.C12H10ClNO4/c1-2-17-12-9(10(14)16)15-11(18-12)7-3-5-8(13)6-4-7;1-2-17-12-9(11(15)16)14-10(18-12)7-3-5-8(13)6-4-7/h3-6H,2H2,1H3,(H2,14,16);3-6H,2H2,1H3,(H,15,16). The number of ether oxygens (including phenoxy) is 2. The number of primary amides is 1. The maximum absolute atomic E-state index is 11.2. The van der Waals surface area contributed by atoms with Gasteiger partial charge in [-0.2, -0.15) is 9.97 Å². The van der Waals surface area contributed by atoms with E-state index in [4.69, 9.17) is 52.4 Å². The van der Waals surface area contributed by atoms with E-state index in [-0.39, 0.29) is 35.1 Å². The van der Waals surface area contributed by atoms with Crippen molar-refractivity contribution in [3.05, 3.63) is 70.0 Å². The molecule has 0 bridgehead atoms. The molecule has 0 atom stereocenters. The van der Waals surface area contributed by atoms with Crippen molar-refractivity contribution in [2.45, 2.75) is 13.8 Å². The minimum Gasteiger partial charge on any atom is -0.476 e. The van der Waals surface area contributed by atoms with Crippen LogP contribution in [0.25, 0.3) is 22.9 Å². The fourth-order valence-electron chi connectivity index (χ4n) is 2.79. The molecule has 188 valence electrons. The van der Waals surface area contributed by atoms with Crippen molar-refractivity contribution in [3.63, 3.8) is 0 Å². The molecule has 0 aliphatic rings. The molecule has 0 saturated carbocycles. The van der Waals surface area contributed by atoms with Crippen molar-refractivity contribution < 1.29 is 33.0 Å². The first kappa shape index (κ1) is 26.6. The number of oxazole rings is 2. The maximum Gasteiger partial charge on any atom is 0.362 e. The lowest BCUT2D eigenvalue weighted by molar-refractivity contribution is 0.0683. The highest BCUT2D eigenvalue weighted by atomic mass is 35.5. The highest BCUT2D eigenvalue weighted by Crippen LogP contribution is 2.29. The fourth-order valence-corrected chi connectivity index (χ4v) is 3.04. The van der Waals surface area contributed by atoms with Crippen LogP contribution in [0.15, 0.2) is 57.4 Å². The molecule has 10 nitrogen and oxygen atoms in total. The van der Waals surface area contributed by atoms with Gasteiger partial charge in [0.05, 0.1) is 13.2 Å². The van der Waals surface area contributed by atoms with Gasteiger partial charge in [-0.1, -0.05) is 23.2 Å². The summed E-state index contributed by atoms with van der Waals surface area (Å²) >= 11 is 11.6. The number of hydrogen-bond acceptors (Lipinski definition) is 8. The van der Waals surface area contributed by atoms with Crippen LogP contribution in [0.1, 0.15) is 34.8 Å². The van der Waals surface area contributed by atoms with E-state index in [2.05, 4.69) is 9.97 Å². The van der Waals surface area contributed by atoms with Gasteiger partial charge in [0.25, 0.3) is 5.91 Å². The molecule has 4 aromatic rings. The number of carboxylic acids is 1. The number of rotatable bonds is 8. The van der Waals surface area contributed by atoms with Crippen LogP contribution in [0.4, 0.5) is 0 Å². The molecule has 0 saturated heterocycles. The minimum atomic E-state index is -1.19. The van der Waals surface area contributed by atoms with E-state index in [1.54, 1.807) is 62.4 Å². The number of carboxylic acid groups (broad SMARTS) is 1. The third-order valence-corrected chi connectivity index (χ3v) is 4.87. The third-order valence-electron chi connectivity index (χ3n) is 4.36. The highest BCUT2D eigenvalue weighted by Gasteiger charge is 2.22. The number of halogens is 2. The Morgan fingerprint density at radius 1 is 0.806 bits per heavy atom. The Kier molecular flexibility index (Phi) is 8.93. The predicted molar refractivity (Wildman–Crippen MR) is 132 cm³/mol. The van der Waals surface area contributed by atoms with Gasteiger partial charge in [-0.25, -0.2) is 4.79 Å². The Morgan fingerprint density at radius 2 is 1.19 bits per heavy atom. The van der Waals surface area contributed by atoms with Crippen molar-refractivity contribution >= 4 is 35.1 Å². The number of nitrogens with two attached hydrogens (primary N) is 1. The number of carbonyl (C=O) groups excluding carboxylic acids is 1. The Balaban J connectivity index is 0.000000201. The van der Waals surface area contributed by atoms with Gasteiger partial charge in [0.1, 0.15) is 0 Å². The molecular formula is C24H21Cl2N3O7. The van der Waals surface area contributed by atoms with E-state index >= 15 is 0 Å². The topological polar surface area (TPSA) is 151 Å². The first-order chi connectivity index (χ1) is 17.2. The number of hydrogen-bond donors (Lipinski definition) is 2. The molecule has 2 heterocycles. The van der Waals surface area contributed by atoms with E-state index < -0.39 is 11.9 Å². The lowest BCUT2D eigenvalue weighted by Crippen LogP contribution is -2.13. The molecule has 0 spiro atoms. The molecule has 0 aliphatic heterocycles. The Morgan fingerprint density at radius 3 is 1.56 bits per heavy atom. The minimum absolute atomic E-state index is 0.0122. The van der Waals surface area contributed by atoms with E-state index in [9.17, 15) is 9.59 Å². The van der Waals surface area contributed by atoms with Crippen LogP contribution in [0.5, 0.6) is 11.9 Å². The number of carbonyl (C=O) groups is 2. The first-order valence-electron chi connectivity index (χ1n) is 10.6. The predicted octanol–water partition coefficient (Wildman–Crippen LogP) is 5.58. The lowest BCUT2D eigenvalue weighted by atomic mass is 10.2. The van der Waals surface area contributed by atoms with Gasteiger partial charge in [0.2, 0.25) is 23.2 Å². The van der Waals surface area contributed by atoms with Crippen molar-refractivity contribution in [1.82, 2.24) is 9.97 Å². The summed E-state index contributed by atoms with van der Waals surface area (Å²) in [6.07, 6.45) is 0. The van der Waals surface area contributed by atoms with Crippen LogP contribution in [0.3, 0.4) is 0 Å². The molecule has 2 aromatic heterocycles. The van der Waals surface area contributed by atoms with Gasteiger partial charge in [0, 0.05) is 21.2 Å². The van der Waals surface area contributed by atoms with Crippen LogP contribution in [-0.2, 0) is 0 Å². The van der Waals surface area contributed by atoms with Gasteiger partial charge >= 0.3 is 17.9 Å². The van der Waals surface area contributed by atoms with Crippen LogP contribution in [-0.4, -0.2) is 40.2 Å². The van der Waals surface area contributed by atoms with Crippen molar-refractivity contribution in [2.75, 3.05) is 13.2 Å². The molecule has 0 radical (unpaired) electrons. The largest absolute Gasteiger partial charge is 0.476 e. The second kappa shape index (κ2) is 12.1. The average molecular weight is 534 g/mol. The molecule has 12 heteroatoms. The van der Waals surface area contributed by atoms with E-state index in [0.717, 1.165) is 0 Å². The number of amides is 1. The van der Waals surface area contributed by atoms with Crippen molar-refractivity contribution in [2.24, 2.45) is 5.73 Å². The molecule has 4 rings (SSSR count). The molecule has 0 fully saturated rings. The van der Waals surface area contributed by atoms with Gasteiger partial charge in [-0.05, 0) is 62.4 Å². The average Bonchev–Trinajstić information content (AvgIpc) is 3.46. The molecule has 0 aliphatic carbocycles. The fraction of sp³-hybridized carbons (Fsp3) is 0.167. The van der Waals surface area contributed by atoms with E-state index in [1.165, 1.54) is 0 Å². The molecule has 36 heavy (non-hydrogen) atoms. The summed E-state index contributed by atoms with van der Waals surface area (Å²) in [7, 11) is 0. The van der Waals surface area contributed by atoms with Crippen LogP contribution in [0, 0.1) is 0 Å². The maximum atomic E-state index is 11.2. The quantitative estimate of drug-likeness (QED) is 0.295. The van der Waals surface area contributed by atoms with Gasteiger partial charge < -0.3 is 29.1 Å². The molecule has 1 amide bonds. The number of nitrogens with zero attached hydrogens (tertiary/aromatic N) is 2. The van der Waals surface area contributed by atoms with Crippen LogP contribution >= 0.6 is 23.2 Å². The van der Waals surface area contributed by atoms with E-state index in [0.29, 0.717) is 34.4 Å². The summed E-state index contributed by atoms with van der Waals surface area (Å²) in [5.41, 5.74) is 6.27. The monoisotopic (exact) mass is 533 g/mol. The summed E-state index contributed by atoms with van der Waals surface area (Å²) in [4.78, 5) is 30.1. The Labute approximate surface area is 215 Å². The highest BCUT2D eigenvalue weighted by molar-refractivity contribution is 6.30. The zero-order chi connectivity index (χ0) is 26.2. The van der Waals surface area contributed by atoms with Crippen molar-refractivity contribution in [3.8, 4) is 34.8 Å².